The molecule has 3 rings (SSSR count). The summed E-state index contributed by atoms with van der Waals surface area (Å²) in [6.45, 7) is 3.29. The lowest BCUT2D eigenvalue weighted by atomic mass is 10.2. The topological polar surface area (TPSA) is 46.6 Å². The highest BCUT2D eigenvalue weighted by Gasteiger charge is 2.59. The normalized spacial score (nSPS) is 27.8. The quantitative estimate of drug-likeness (QED) is 0.835. The highest BCUT2D eigenvalue weighted by molar-refractivity contribution is 5.83. The zero-order chi connectivity index (χ0) is 13.4. The number of hydrogen-bond donors (Lipinski definition) is 0. The monoisotopic (exact) mass is 259 g/mol. The van der Waals surface area contributed by atoms with E-state index in [1.165, 1.54) is 0 Å². The van der Waals surface area contributed by atoms with Gasteiger partial charge in [0.05, 0.1) is 0 Å². The van der Waals surface area contributed by atoms with Crippen molar-refractivity contribution in [2.24, 2.45) is 17.8 Å². The number of rotatable bonds is 3. The molecule has 0 radical (unpaired) electrons. The average Bonchev–Trinajstić information content (AvgIpc) is 2.93. The van der Waals surface area contributed by atoms with Gasteiger partial charge in [0.2, 0.25) is 0 Å². The number of Topliss-reactive ketones (excluding diaryl/α,β-unsaturated/α-hetero) is 1. The summed E-state index contributed by atoms with van der Waals surface area (Å²) in [5.41, 5.74) is 0.988. The smallest absolute Gasteiger partial charge is 0.410 e. The summed E-state index contributed by atoms with van der Waals surface area (Å²) < 4.78 is 5.28. The Morgan fingerprint density at radius 3 is 2.42 bits per heavy atom. The van der Waals surface area contributed by atoms with Crippen molar-refractivity contribution in [3.05, 3.63) is 35.9 Å². The summed E-state index contributed by atoms with van der Waals surface area (Å²) in [6.07, 6.45) is -0.265. The molecule has 2 aliphatic rings. The molecule has 1 aromatic rings. The van der Waals surface area contributed by atoms with Gasteiger partial charge in [-0.15, -0.1) is 0 Å². The molecule has 1 aliphatic heterocycles. The molecule has 100 valence electrons. The molecule has 0 aromatic heterocycles. The lowest BCUT2D eigenvalue weighted by Gasteiger charge is -2.18. The van der Waals surface area contributed by atoms with E-state index in [2.05, 4.69) is 0 Å². The molecule has 1 aromatic carbocycles. The molecule has 1 aliphatic carbocycles. The van der Waals surface area contributed by atoms with Crippen LogP contribution >= 0.6 is 0 Å². The highest BCUT2D eigenvalue weighted by atomic mass is 16.6. The fraction of sp³-hybridized carbons (Fsp3) is 0.467. The molecule has 2 fully saturated rings. The van der Waals surface area contributed by atoms with E-state index < -0.39 is 0 Å². The third kappa shape index (κ3) is 2.35. The van der Waals surface area contributed by atoms with Gasteiger partial charge in [0, 0.05) is 19.0 Å². The number of carbonyl (C=O) groups excluding carboxylic acids is 2. The number of benzene rings is 1. The fourth-order valence-corrected chi connectivity index (χ4v) is 3.09. The van der Waals surface area contributed by atoms with E-state index in [1.807, 2.05) is 30.3 Å². The molecule has 2 atom stereocenters. The van der Waals surface area contributed by atoms with E-state index in [-0.39, 0.29) is 17.8 Å². The van der Waals surface area contributed by atoms with E-state index in [0.29, 0.717) is 31.5 Å². The van der Waals surface area contributed by atoms with Gasteiger partial charge in [-0.25, -0.2) is 4.79 Å². The van der Waals surface area contributed by atoms with Crippen LogP contribution in [0.25, 0.3) is 0 Å². The number of carbonyl (C=O) groups is 2. The van der Waals surface area contributed by atoms with Crippen LogP contribution in [0.3, 0.4) is 0 Å². The summed E-state index contributed by atoms with van der Waals surface area (Å²) in [4.78, 5) is 24.9. The van der Waals surface area contributed by atoms with Crippen molar-refractivity contribution in [1.82, 2.24) is 4.90 Å². The van der Waals surface area contributed by atoms with E-state index in [9.17, 15) is 9.59 Å². The average molecular weight is 259 g/mol. The van der Waals surface area contributed by atoms with Crippen molar-refractivity contribution in [2.75, 3.05) is 13.1 Å². The van der Waals surface area contributed by atoms with Gasteiger partial charge in [-0.2, -0.15) is 0 Å². The van der Waals surface area contributed by atoms with Gasteiger partial charge >= 0.3 is 6.09 Å². The molecule has 1 saturated heterocycles. The fourth-order valence-electron chi connectivity index (χ4n) is 3.09. The minimum atomic E-state index is -0.265. The van der Waals surface area contributed by atoms with Crippen LogP contribution in [0.1, 0.15) is 12.5 Å². The maximum absolute atomic E-state index is 11.9. The van der Waals surface area contributed by atoms with Crippen LogP contribution in [-0.4, -0.2) is 29.9 Å². The second-order valence-corrected chi connectivity index (χ2v) is 5.41. The third-order valence-corrected chi connectivity index (χ3v) is 4.13. The Bertz CT molecular complexity index is 487. The van der Waals surface area contributed by atoms with Gasteiger partial charge in [-0.1, -0.05) is 30.3 Å². The highest BCUT2D eigenvalue weighted by Crippen LogP contribution is 2.52. The van der Waals surface area contributed by atoms with Gasteiger partial charge in [0.1, 0.15) is 12.4 Å². The first-order valence-corrected chi connectivity index (χ1v) is 6.63. The van der Waals surface area contributed by atoms with Crippen LogP contribution < -0.4 is 0 Å². The number of amides is 1. The number of likely N-dealkylation sites (tertiary alicyclic amines) is 1. The molecule has 19 heavy (non-hydrogen) atoms. The van der Waals surface area contributed by atoms with E-state index in [1.54, 1.807) is 11.8 Å². The predicted molar refractivity (Wildman–Crippen MR) is 69.4 cm³/mol. The van der Waals surface area contributed by atoms with Gasteiger partial charge in [0.25, 0.3) is 0 Å². The van der Waals surface area contributed by atoms with Crippen molar-refractivity contribution in [3.8, 4) is 0 Å². The van der Waals surface area contributed by atoms with Crippen molar-refractivity contribution < 1.29 is 14.3 Å². The molecule has 1 amide bonds. The van der Waals surface area contributed by atoms with Gasteiger partial charge in [-0.3, -0.25) is 4.79 Å². The summed E-state index contributed by atoms with van der Waals surface area (Å²) in [7, 11) is 0. The first kappa shape index (κ1) is 12.2. The number of fused-ring (bicyclic) bond motifs is 1. The molecule has 0 N–H and O–H groups in total. The molecule has 1 saturated carbocycles. The molecular weight excluding hydrogens is 242 g/mol. The van der Waals surface area contributed by atoms with Crippen LogP contribution in [0.2, 0.25) is 0 Å². The molecule has 0 bridgehead atoms. The van der Waals surface area contributed by atoms with Gasteiger partial charge in [0.15, 0.2) is 0 Å². The predicted octanol–water partition coefficient (Wildman–Crippen LogP) is 2.09. The molecule has 2 unspecified atom stereocenters. The van der Waals surface area contributed by atoms with Crippen LogP contribution in [0.15, 0.2) is 30.3 Å². The number of ketones is 1. The standard InChI is InChI=1S/C15H17NO3/c1-10(17)14-12-7-16(8-13(12)14)15(18)19-9-11-5-3-2-4-6-11/h2-6,12-14H,7-9H2,1H3. The summed E-state index contributed by atoms with van der Waals surface area (Å²) in [6, 6.07) is 9.64. The molecular formula is C15H17NO3. The van der Waals surface area contributed by atoms with Crippen molar-refractivity contribution in [3.63, 3.8) is 0 Å². The molecule has 0 spiro atoms. The summed E-state index contributed by atoms with van der Waals surface area (Å²) in [5, 5.41) is 0. The zero-order valence-corrected chi connectivity index (χ0v) is 10.9. The Kier molecular flexibility index (Phi) is 3.01. The summed E-state index contributed by atoms with van der Waals surface area (Å²) >= 11 is 0. The lowest BCUT2D eigenvalue weighted by molar-refractivity contribution is -0.119. The number of ether oxygens (including phenoxy) is 1. The maximum Gasteiger partial charge on any atom is 0.410 e. The van der Waals surface area contributed by atoms with Crippen LogP contribution in [0, 0.1) is 17.8 Å². The van der Waals surface area contributed by atoms with Crippen molar-refractivity contribution in [1.29, 1.82) is 0 Å². The third-order valence-electron chi connectivity index (χ3n) is 4.13. The second kappa shape index (κ2) is 4.68. The molecule has 1 heterocycles. The second-order valence-electron chi connectivity index (χ2n) is 5.41. The zero-order valence-electron chi connectivity index (χ0n) is 10.9. The number of nitrogens with zero attached hydrogens (tertiary/aromatic N) is 1. The number of piperidine rings is 1. The van der Waals surface area contributed by atoms with E-state index >= 15 is 0 Å². The Morgan fingerprint density at radius 1 is 1.21 bits per heavy atom. The minimum Gasteiger partial charge on any atom is -0.445 e. The molecule has 4 nitrogen and oxygen atoms in total. The van der Waals surface area contributed by atoms with E-state index in [0.717, 1.165) is 5.56 Å². The van der Waals surface area contributed by atoms with Crippen LogP contribution in [0.4, 0.5) is 4.79 Å². The maximum atomic E-state index is 11.9. The first-order chi connectivity index (χ1) is 9.16. The first-order valence-electron chi connectivity index (χ1n) is 6.63. The number of hydrogen-bond acceptors (Lipinski definition) is 3. The minimum absolute atomic E-state index is 0.193. The van der Waals surface area contributed by atoms with Crippen molar-refractivity contribution >= 4 is 11.9 Å². The van der Waals surface area contributed by atoms with Crippen LogP contribution in [-0.2, 0) is 16.1 Å². The van der Waals surface area contributed by atoms with Gasteiger partial charge in [-0.05, 0) is 24.3 Å². The summed E-state index contributed by atoms with van der Waals surface area (Å²) in [5.74, 6) is 1.20. The Morgan fingerprint density at radius 2 is 1.84 bits per heavy atom. The van der Waals surface area contributed by atoms with Crippen molar-refractivity contribution in [2.45, 2.75) is 13.5 Å². The molecule has 4 heteroatoms. The Labute approximate surface area is 112 Å². The SMILES string of the molecule is CC(=O)C1C2CN(C(=O)OCc3ccccc3)CC21. The van der Waals surface area contributed by atoms with Crippen LogP contribution in [0.5, 0.6) is 0 Å². The van der Waals surface area contributed by atoms with E-state index in [4.69, 9.17) is 4.74 Å². The Hall–Kier alpha value is -1.84. The largest absolute Gasteiger partial charge is 0.445 e. The van der Waals surface area contributed by atoms with Gasteiger partial charge < -0.3 is 9.64 Å². The lowest BCUT2D eigenvalue weighted by Crippen LogP contribution is -2.32. The Balaban J connectivity index is 1.47.